The molecule has 19 heavy (non-hydrogen) atoms. The van der Waals surface area contributed by atoms with Crippen LogP contribution < -0.4 is 15.4 Å². The van der Waals surface area contributed by atoms with Crippen molar-refractivity contribution in [2.45, 2.75) is 18.9 Å². The number of ether oxygens (including phenoxy) is 1. The van der Waals surface area contributed by atoms with Crippen LogP contribution in [0.5, 0.6) is 5.75 Å². The van der Waals surface area contributed by atoms with E-state index in [1.807, 2.05) is 24.3 Å². The van der Waals surface area contributed by atoms with Crippen molar-refractivity contribution in [3.8, 4) is 5.75 Å². The minimum atomic E-state index is -0.234. The van der Waals surface area contributed by atoms with Crippen LogP contribution >= 0.6 is 0 Å². The minimum absolute atomic E-state index is 0.0320. The predicted octanol–water partition coefficient (Wildman–Crippen LogP) is 1.44. The van der Waals surface area contributed by atoms with E-state index in [2.05, 4.69) is 10.6 Å². The normalized spacial score (nSPS) is 15.7. The summed E-state index contributed by atoms with van der Waals surface area (Å²) >= 11 is 0. The Hall–Kier alpha value is -1.75. The number of hydrogen-bond donors (Lipinski definition) is 3. The molecule has 1 atom stereocenters. The molecule has 1 aliphatic carbocycles. The molecule has 1 aromatic rings. The number of carbonyl (C=O) groups excluding carboxylic acids is 1. The van der Waals surface area contributed by atoms with Gasteiger partial charge in [-0.15, -0.1) is 0 Å². The lowest BCUT2D eigenvalue weighted by Gasteiger charge is -2.19. The van der Waals surface area contributed by atoms with E-state index in [1.165, 1.54) is 0 Å². The third-order valence-corrected chi connectivity index (χ3v) is 3.25. The zero-order chi connectivity index (χ0) is 13.7. The Balaban J connectivity index is 2.00. The van der Waals surface area contributed by atoms with Gasteiger partial charge in [-0.25, -0.2) is 4.79 Å². The number of hydrogen-bond acceptors (Lipinski definition) is 3. The molecule has 3 N–H and O–H groups in total. The van der Waals surface area contributed by atoms with E-state index in [-0.39, 0.29) is 25.2 Å². The topological polar surface area (TPSA) is 70.6 Å². The number of urea groups is 1. The molecule has 5 nitrogen and oxygen atoms in total. The highest BCUT2D eigenvalue weighted by Gasteiger charge is 2.33. The first kappa shape index (κ1) is 13.7. The molecule has 0 spiro atoms. The monoisotopic (exact) mass is 264 g/mol. The molecule has 1 saturated carbocycles. The number of carbonyl (C=O) groups is 1. The quantitative estimate of drug-likeness (QED) is 0.728. The van der Waals surface area contributed by atoms with Gasteiger partial charge in [0.05, 0.1) is 19.8 Å². The highest BCUT2D eigenvalue weighted by molar-refractivity contribution is 5.74. The summed E-state index contributed by atoms with van der Waals surface area (Å²) in [7, 11) is 1.63. The summed E-state index contributed by atoms with van der Waals surface area (Å²) in [6.07, 6.45) is 2.27. The van der Waals surface area contributed by atoms with Crippen molar-refractivity contribution in [2.24, 2.45) is 5.92 Å². The van der Waals surface area contributed by atoms with Gasteiger partial charge in [-0.3, -0.25) is 0 Å². The van der Waals surface area contributed by atoms with E-state index in [0.717, 1.165) is 24.2 Å². The van der Waals surface area contributed by atoms with Gasteiger partial charge in [0.25, 0.3) is 0 Å². The summed E-state index contributed by atoms with van der Waals surface area (Å²) < 4.78 is 5.13. The summed E-state index contributed by atoms with van der Waals surface area (Å²) in [5, 5.41) is 14.3. The molecule has 5 heteroatoms. The largest absolute Gasteiger partial charge is 0.497 e. The SMILES string of the molecule is COc1ccc(C(NC(=O)NCCO)C2CC2)cc1. The number of rotatable bonds is 6. The van der Waals surface area contributed by atoms with Gasteiger partial charge in [-0.2, -0.15) is 0 Å². The van der Waals surface area contributed by atoms with Crippen LogP contribution in [0.3, 0.4) is 0 Å². The molecule has 2 amide bonds. The van der Waals surface area contributed by atoms with Crippen LogP contribution in [0.15, 0.2) is 24.3 Å². The fourth-order valence-corrected chi connectivity index (χ4v) is 2.08. The van der Waals surface area contributed by atoms with Gasteiger partial charge in [-0.05, 0) is 36.5 Å². The van der Waals surface area contributed by atoms with Crippen LogP contribution in [0.1, 0.15) is 24.4 Å². The molecule has 0 saturated heterocycles. The first-order chi connectivity index (χ1) is 9.24. The van der Waals surface area contributed by atoms with Gasteiger partial charge in [0.1, 0.15) is 5.75 Å². The molecule has 104 valence electrons. The summed E-state index contributed by atoms with van der Waals surface area (Å²) in [4.78, 5) is 11.7. The minimum Gasteiger partial charge on any atom is -0.497 e. The maximum atomic E-state index is 11.7. The Morgan fingerprint density at radius 3 is 2.63 bits per heavy atom. The lowest BCUT2D eigenvalue weighted by atomic mass is 10.0. The second-order valence-electron chi connectivity index (χ2n) is 4.71. The molecule has 1 aliphatic rings. The number of methoxy groups -OCH3 is 1. The van der Waals surface area contributed by atoms with E-state index < -0.39 is 0 Å². The fourth-order valence-electron chi connectivity index (χ4n) is 2.08. The van der Waals surface area contributed by atoms with Crippen molar-refractivity contribution in [3.05, 3.63) is 29.8 Å². The second-order valence-corrected chi connectivity index (χ2v) is 4.71. The highest BCUT2D eigenvalue weighted by Crippen LogP contribution is 2.41. The molecule has 1 aromatic carbocycles. The zero-order valence-electron chi connectivity index (χ0n) is 11.1. The third-order valence-electron chi connectivity index (χ3n) is 3.25. The maximum absolute atomic E-state index is 11.7. The van der Waals surface area contributed by atoms with Gasteiger partial charge in [-0.1, -0.05) is 12.1 Å². The van der Waals surface area contributed by atoms with E-state index in [9.17, 15) is 4.79 Å². The number of aliphatic hydroxyl groups excluding tert-OH is 1. The average molecular weight is 264 g/mol. The third kappa shape index (κ3) is 3.86. The smallest absolute Gasteiger partial charge is 0.315 e. The number of nitrogens with one attached hydrogen (secondary N) is 2. The fraction of sp³-hybridized carbons (Fsp3) is 0.500. The van der Waals surface area contributed by atoms with Gasteiger partial charge in [0.2, 0.25) is 0 Å². The number of benzene rings is 1. The molecule has 1 fully saturated rings. The Morgan fingerprint density at radius 1 is 1.42 bits per heavy atom. The van der Waals surface area contributed by atoms with E-state index in [4.69, 9.17) is 9.84 Å². The van der Waals surface area contributed by atoms with Crippen molar-refractivity contribution in [3.63, 3.8) is 0 Å². The highest BCUT2D eigenvalue weighted by atomic mass is 16.5. The zero-order valence-corrected chi connectivity index (χ0v) is 11.1. The molecule has 0 aliphatic heterocycles. The van der Waals surface area contributed by atoms with Crippen LogP contribution in [0.2, 0.25) is 0 Å². The lowest BCUT2D eigenvalue weighted by molar-refractivity contribution is 0.229. The van der Waals surface area contributed by atoms with E-state index in [1.54, 1.807) is 7.11 Å². The molecule has 2 rings (SSSR count). The summed E-state index contributed by atoms with van der Waals surface area (Å²) in [6.45, 7) is 0.218. The average Bonchev–Trinajstić information content (AvgIpc) is 3.27. The molecular formula is C14H20N2O3. The molecule has 0 radical (unpaired) electrons. The van der Waals surface area contributed by atoms with Gasteiger partial charge in [0, 0.05) is 6.54 Å². The van der Waals surface area contributed by atoms with Gasteiger partial charge in [0.15, 0.2) is 0 Å². The first-order valence-electron chi connectivity index (χ1n) is 6.53. The lowest BCUT2D eigenvalue weighted by Crippen LogP contribution is -2.39. The van der Waals surface area contributed by atoms with Crippen molar-refractivity contribution < 1.29 is 14.6 Å². The Morgan fingerprint density at radius 2 is 2.11 bits per heavy atom. The summed E-state index contributed by atoms with van der Waals surface area (Å²) in [6, 6.07) is 7.56. The molecule has 0 bridgehead atoms. The second kappa shape index (κ2) is 6.43. The summed E-state index contributed by atoms with van der Waals surface area (Å²) in [5.74, 6) is 1.32. The van der Waals surface area contributed by atoms with Crippen LogP contribution in [-0.4, -0.2) is 31.4 Å². The molecule has 0 aromatic heterocycles. The van der Waals surface area contributed by atoms with Crippen molar-refractivity contribution in [1.29, 1.82) is 0 Å². The number of aliphatic hydroxyl groups is 1. The molecule has 1 unspecified atom stereocenters. The van der Waals surface area contributed by atoms with Crippen LogP contribution in [0, 0.1) is 5.92 Å². The van der Waals surface area contributed by atoms with Crippen molar-refractivity contribution in [1.82, 2.24) is 10.6 Å². The van der Waals surface area contributed by atoms with Crippen LogP contribution in [-0.2, 0) is 0 Å². The van der Waals surface area contributed by atoms with E-state index in [0.29, 0.717) is 5.92 Å². The Labute approximate surface area is 113 Å². The standard InChI is InChI=1S/C14H20N2O3/c1-19-12-6-4-11(5-7-12)13(10-2-3-10)16-14(18)15-8-9-17/h4-7,10,13,17H,2-3,8-9H2,1H3,(H2,15,16,18). The molecule has 0 heterocycles. The Kier molecular flexibility index (Phi) is 4.63. The number of amides is 2. The maximum Gasteiger partial charge on any atom is 0.315 e. The van der Waals surface area contributed by atoms with Crippen LogP contribution in [0.25, 0.3) is 0 Å². The Bertz CT molecular complexity index is 415. The van der Waals surface area contributed by atoms with Crippen molar-refractivity contribution >= 4 is 6.03 Å². The van der Waals surface area contributed by atoms with Gasteiger partial charge < -0.3 is 20.5 Å². The summed E-state index contributed by atoms with van der Waals surface area (Å²) in [5.41, 5.74) is 1.09. The van der Waals surface area contributed by atoms with Gasteiger partial charge >= 0.3 is 6.03 Å². The molecular weight excluding hydrogens is 244 g/mol. The van der Waals surface area contributed by atoms with E-state index >= 15 is 0 Å². The van der Waals surface area contributed by atoms with Crippen molar-refractivity contribution in [2.75, 3.05) is 20.3 Å². The van der Waals surface area contributed by atoms with Crippen LogP contribution in [0.4, 0.5) is 4.79 Å². The first-order valence-corrected chi connectivity index (χ1v) is 6.53. The predicted molar refractivity (Wildman–Crippen MR) is 72.1 cm³/mol.